The summed E-state index contributed by atoms with van der Waals surface area (Å²) in [6.45, 7) is 4.62. The molecule has 0 amide bonds. The van der Waals surface area contributed by atoms with Gasteiger partial charge >= 0.3 is 0 Å². The van der Waals surface area contributed by atoms with Crippen LogP contribution in [0.15, 0.2) is 36.7 Å². The van der Waals surface area contributed by atoms with E-state index in [2.05, 4.69) is 0 Å². The van der Waals surface area contributed by atoms with Crippen LogP contribution in [0.25, 0.3) is 0 Å². The van der Waals surface area contributed by atoms with E-state index in [4.69, 9.17) is 5.73 Å². The van der Waals surface area contributed by atoms with Gasteiger partial charge in [-0.1, -0.05) is 6.07 Å². The minimum absolute atomic E-state index is 0.0323. The lowest BCUT2D eigenvalue weighted by atomic mass is 10.1. The number of halogens is 1. The fourth-order valence-electron chi connectivity index (χ4n) is 1.83. The smallest absolute Gasteiger partial charge is 0.123 e. The molecule has 0 saturated heterocycles. The lowest BCUT2D eigenvalue weighted by Gasteiger charge is -2.07. The largest absolute Gasteiger partial charge is 0.350 e. The van der Waals surface area contributed by atoms with Crippen molar-refractivity contribution in [1.82, 2.24) is 4.57 Å². The molecule has 90 valence electrons. The van der Waals surface area contributed by atoms with Crippen LogP contribution in [0.3, 0.4) is 0 Å². The van der Waals surface area contributed by atoms with Crippen LogP contribution in [-0.4, -0.2) is 4.57 Å². The molecule has 1 aromatic carbocycles. The van der Waals surface area contributed by atoms with Gasteiger partial charge in [0.15, 0.2) is 0 Å². The van der Waals surface area contributed by atoms with Gasteiger partial charge in [0.05, 0.1) is 0 Å². The number of aryl methyl sites for hydroxylation is 1. The topological polar surface area (TPSA) is 30.9 Å². The highest BCUT2D eigenvalue weighted by atomic mass is 19.1. The molecule has 1 aromatic heterocycles. The summed E-state index contributed by atoms with van der Waals surface area (Å²) in [5, 5.41) is 0. The molecule has 0 aliphatic rings. The summed E-state index contributed by atoms with van der Waals surface area (Å²) < 4.78 is 15.2. The van der Waals surface area contributed by atoms with Crippen LogP contribution in [0.5, 0.6) is 0 Å². The molecule has 0 aliphatic heterocycles. The summed E-state index contributed by atoms with van der Waals surface area (Å²) in [6, 6.07) is 6.91. The van der Waals surface area contributed by atoms with Crippen LogP contribution in [0, 0.1) is 12.7 Å². The SMILES string of the molecule is Cc1ccc(F)cc1Cn1ccc(C(C)N)c1. The second kappa shape index (κ2) is 4.72. The zero-order valence-corrected chi connectivity index (χ0v) is 10.2. The number of benzene rings is 1. The van der Waals surface area contributed by atoms with Crippen LogP contribution in [-0.2, 0) is 6.54 Å². The molecule has 17 heavy (non-hydrogen) atoms. The normalized spacial score (nSPS) is 12.7. The van der Waals surface area contributed by atoms with Crippen LogP contribution >= 0.6 is 0 Å². The van der Waals surface area contributed by atoms with Gasteiger partial charge in [-0.2, -0.15) is 0 Å². The molecule has 0 radical (unpaired) electrons. The van der Waals surface area contributed by atoms with Gasteiger partial charge in [0.25, 0.3) is 0 Å². The average Bonchev–Trinajstić information content (AvgIpc) is 2.72. The molecule has 0 fully saturated rings. The van der Waals surface area contributed by atoms with Crippen molar-refractivity contribution >= 4 is 0 Å². The predicted molar refractivity (Wildman–Crippen MR) is 67.3 cm³/mol. The number of rotatable bonds is 3. The first-order chi connectivity index (χ1) is 8.06. The molecule has 2 rings (SSSR count). The summed E-state index contributed by atoms with van der Waals surface area (Å²) in [5.74, 6) is -0.190. The summed E-state index contributed by atoms with van der Waals surface area (Å²) >= 11 is 0. The minimum atomic E-state index is -0.190. The molecule has 0 bridgehead atoms. The lowest BCUT2D eigenvalue weighted by molar-refractivity contribution is 0.622. The van der Waals surface area contributed by atoms with Crippen LogP contribution in [0.4, 0.5) is 4.39 Å². The second-order valence-electron chi connectivity index (χ2n) is 4.48. The number of nitrogens with two attached hydrogens (primary N) is 1. The maximum absolute atomic E-state index is 13.2. The van der Waals surface area contributed by atoms with E-state index < -0.39 is 0 Å². The highest BCUT2D eigenvalue weighted by molar-refractivity contribution is 5.27. The number of nitrogens with zero attached hydrogens (tertiary/aromatic N) is 1. The molecular formula is C14H17FN2. The molecule has 0 spiro atoms. The maximum Gasteiger partial charge on any atom is 0.123 e. The van der Waals surface area contributed by atoms with Crippen LogP contribution in [0.2, 0.25) is 0 Å². The molecule has 0 aliphatic carbocycles. The van der Waals surface area contributed by atoms with Gasteiger partial charge in [-0.15, -0.1) is 0 Å². The van der Waals surface area contributed by atoms with Crippen molar-refractivity contribution in [3.8, 4) is 0 Å². The summed E-state index contributed by atoms with van der Waals surface area (Å²) in [7, 11) is 0. The first-order valence-corrected chi connectivity index (χ1v) is 5.72. The van der Waals surface area contributed by atoms with Gasteiger partial charge < -0.3 is 10.3 Å². The first-order valence-electron chi connectivity index (χ1n) is 5.72. The zero-order chi connectivity index (χ0) is 12.4. The zero-order valence-electron chi connectivity index (χ0n) is 10.2. The molecule has 2 nitrogen and oxygen atoms in total. The average molecular weight is 232 g/mol. The Morgan fingerprint density at radius 3 is 2.76 bits per heavy atom. The van der Waals surface area contributed by atoms with Crippen molar-refractivity contribution in [1.29, 1.82) is 0 Å². The predicted octanol–water partition coefficient (Wildman–Crippen LogP) is 3.00. The standard InChI is InChI=1S/C14H17FN2/c1-10-3-4-14(15)7-13(10)9-17-6-5-12(8-17)11(2)16/h3-8,11H,9,16H2,1-2H3. The fourth-order valence-corrected chi connectivity index (χ4v) is 1.83. The fraction of sp³-hybridized carbons (Fsp3) is 0.286. The van der Waals surface area contributed by atoms with E-state index in [9.17, 15) is 4.39 Å². The molecule has 0 saturated carbocycles. The van der Waals surface area contributed by atoms with Gasteiger partial charge in [0, 0.05) is 25.0 Å². The van der Waals surface area contributed by atoms with E-state index in [1.165, 1.54) is 6.07 Å². The van der Waals surface area contributed by atoms with E-state index in [1.807, 2.05) is 36.9 Å². The Morgan fingerprint density at radius 1 is 1.35 bits per heavy atom. The van der Waals surface area contributed by atoms with Crippen molar-refractivity contribution < 1.29 is 4.39 Å². The Morgan fingerprint density at radius 2 is 2.12 bits per heavy atom. The third kappa shape index (κ3) is 2.74. The van der Waals surface area contributed by atoms with Gasteiger partial charge in [0.2, 0.25) is 0 Å². The Hall–Kier alpha value is -1.61. The first kappa shape index (κ1) is 11.9. The molecule has 2 aromatic rings. The summed E-state index contributed by atoms with van der Waals surface area (Å²) in [4.78, 5) is 0. The Balaban J connectivity index is 2.22. The molecule has 1 atom stereocenters. The van der Waals surface area contributed by atoms with Crippen molar-refractivity contribution in [2.24, 2.45) is 5.73 Å². The summed E-state index contributed by atoms with van der Waals surface area (Å²) in [6.07, 6.45) is 3.98. The van der Waals surface area contributed by atoms with Crippen LogP contribution in [0.1, 0.15) is 29.7 Å². The van der Waals surface area contributed by atoms with Crippen molar-refractivity contribution in [3.05, 3.63) is 59.2 Å². The molecule has 1 heterocycles. The van der Waals surface area contributed by atoms with Crippen molar-refractivity contribution in [3.63, 3.8) is 0 Å². The lowest BCUT2D eigenvalue weighted by Crippen LogP contribution is -2.04. The number of hydrogen-bond acceptors (Lipinski definition) is 1. The number of hydrogen-bond donors (Lipinski definition) is 1. The second-order valence-corrected chi connectivity index (χ2v) is 4.48. The van der Waals surface area contributed by atoms with E-state index in [-0.39, 0.29) is 11.9 Å². The monoisotopic (exact) mass is 232 g/mol. The van der Waals surface area contributed by atoms with E-state index in [0.717, 1.165) is 16.7 Å². The molecule has 1 unspecified atom stereocenters. The molecule has 2 N–H and O–H groups in total. The van der Waals surface area contributed by atoms with E-state index >= 15 is 0 Å². The van der Waals surface area contributed by atoms with Gasteiger partial charge in [-0.3, -0.25) is 0 Å². The van der Waals surface area contributed by atoms with Crippen LogP contribution < -0.4 is 5.73 Å². The molecular weight excluding hydrogens is 215 g/mol. The quantitative estimate of drug-likeness (QED) is 0.866. The third-order valence-corrected chi connectivity index (χ3v) is 2.96. The van der Waals surface area contributed by atoms with Crippen molar-refractivity contribution in [2.45, 2.75) is 26.4 Å². The van der Waals surface area contributed by atoms with Gasteiger partial charge in [-0.05, 0) is 48.7 Å². The van der Waals surface area contributed by atoms with Gasteiger partial charge in [-0.25, -0.2) is 4.39 Å². The number of aromatic nitrogens is 1. The van der Waals surface area contributed by atoms with E-state index in [0.29, 0.717) is 6.54 Å². The Labute approximate surface area is 101 Å². The Bertz CT molecular complexity index is 515. The highest BCUT2D eigenvalue weighted by Crippen LogP contribution is 2.15. The minimum Gasteiger partial charge on any atom is -0.350 e. The van der Waals surface area contributed by atoms with Gasteiger partial charge in [0.1, 0.15) is 5.82 Å². The highest BCUT2D eigenvalue weighted by Gasteiger charge is 2.04. The summed E-state index contributed by atoms with van der Waals surface area (Å²) in [5.41, 5.74) is 8.99. The maximum atomic E-state index is 13.2. The molecule has 3 heteroatoms. The Kier molecular flexibility index (Phi) is 3.29. The van der Waals surface area contributed by atoms with E-state index in [1.54, 1.807) is 12.1 Å². The third-order valence-electron chi connectivity index (χ3n) is 2.96. The van der Waals surface area contributed by atoms with Crippen molar-refractivity contribution in [2.75, 3.05) is 0 Å².